The third kappa shape index (κ3) is 3.87. The van der Waals surface area contributed by atoms with Gasteiger partial charge in [-0.3, -0.25) is 24.6 Å². The highest BCUT2D eigenvalue weighted by atomic mass is 32.1. The van der Waals surface area contributed by atoms with Gasteiger partial charge in [-0.2, -0.15) is 0 Å². The summed E-state index contributed by atoms with van der Waals surface area (Å²) < 4.78 is 1.01. The van der Waals surface area contributed by atoms with Gasteiger partial charge in [0.15, 0.2) is 16.7 Å². The average molecular weight is 462 g/mol. The summed E-state index contributed by atoms with van der Waals surface area (Å²) >= 11 is 1.49. The summed E-state index contributed by atoms with van der Waals surface area (Å²) in [5.74, 6) is -1.08. The van der Waals surface area contributed by atoms with Crippen LogP contribution in [0.4, 0.5) is 10.8 Å². The second kappa shape index (κ2) is 8.37. The highest BCUT2D eigenvalue weighted by Gasteiger charge is 2.38. The number of non-ortho nitro benzene ring substituents is 1. The first-order chi connectivity index (χ1) is 15.6. The number of nitro groups is 1. The predicted molar refractivity (Wildman–Crippen MR) is 129 cm³/mol. The summed E-state index contributed by atoms with van der Waals surface area (Å²) in [6, 6.07) is 12.1. The summed E-state index contributed by atoms with van der Waals surface area (Å²) in [6.45, 7) is 8.60. The molecule has 0 spiro atoms. The summed E-state index contributed by atoms with van der Waals surface area (Å²) in [4.78, 5) is 43.3. The van der Waals surface area contributed by atoms with Crippen molar-refractivity contribution in [3.05, 3.63) is 86.2 Å². The molecule has 0 bridgehead atoms. The monoisotopic (exact) mass is 461 g/mol. The van der Waals surface area contributed by atoms with E-state index in [2.05, 4.69) is 6.07 Å². The Kier molecular flexibility index (Phi) is 5.71. The Bertz CT molecular complexity index is 1360. The molecule has 3 aromatic rings. The van der Waals surface area contributed by atoms with E-state index in [1.807, 2.05) is 37.8 Å². The molecule has 0 fully saturated rings. The molecule has 4 rings (SSSR count). The van der Waals surface area contributed by atoms with Crippen molar-refractivity contribution in [3.8, 4) is 0 Å². The van der Waals surface area contributed by atoms with Crippen LogP contribution < -0.4 is 4.90 Å². The molecule has 2 heterocycles. The van der Waals surface area contributed by atoms with Gasteiger partial charge in [0, 0.05) is 40.6 Å². The molecule has 1 aliphatic rings. The highest BCUT2D eigenvalue weighted by molar-refractivity contribution is 7.22. The van der Waals surface area contributed by atoms with Crippen molar-refractivity contribution >= 4 is 43.9 Å². The summed E-state index contributed by atoms with van der Waals surface area (Å²) in [6.07, 6.45) is 0. The number of carbonyl (C=O) groups excluding carboxylic acids is 2. The fourth-order valence-corrected chi connectivity index (χ4v) is 5.69. The number of aromatic nitrogens is 1. The maximum Gasteiger partial charge on any atom is 0.269 e. The van der Waals surface area contributed by atoms with E-state index in [4.69, 9.17) is 4.98 Å². The van der Waals surface area contributed by atoms with Gasteiger partial charge in [-0.1, -0.05) is 29.5 Å². The average Bonchev–Trinajstić information content (AvgIpc) is 3.15. The van der Waals surface area contributed by atoms with Crippen LogP contribution in [0, 0.1) is 17.0 Å². The molecule has 0 amide bonds. The van der Waals surface area contributed by atoms with Crippen molar-refractivity contribution in [3.63, 3.8) is 0 Å². The number of nitro benzene ring substituents is 1. The van der Waals surface area contributed by atoms with Crippen LogP contribution >= 0.6 is 11.3 Å². The zero-order chi connectivity index (χ0) is 24.0. The number of aryl methyl sites for hydroxylation is 1. The number of anilines is 1. The molecule has 33 heavy (non-hydrogen) atoms. The highest BCUT2D eigenvalue weighted by Crippen LogP contribution is 2.46. The molecule has 1 aliphatic heterocycles. The van der Waals surface area contributed by atoms with E-state index in [9.17, 15) is 19.7 Å². The number of benzene rings is 2. The Morgan fingerprint density at radius 2 is 1.64 bits per heavy atom. The summed E-state index contributed by atoms with van der Waals surface area (Å²) in [5.41, 5.74) is 4.61. The number of hydrogen-bond acceptors (Lipinski definition) is 7. The van der Waals surface area contributed by atoms with Crippen LogP contribution in [0.1, 0.15) is 44.7 Å². The van der Waals surface area contributed by atoms with Crippen LogP contribution in [0.5, 0.6) is 0 Å². The van der Waals surface area contributed by atoms with E-state index in [-0.39, 0.29) is 17.3 Å². The molecular weight excluding hydrogens is 438 g/mol. The number of fused-ring (bicyclic) bond motifs is 1. The number of ketones is 2. The fraction of sp³-hybridized carbons (Fsp3) is 0.240. The number of carbonyl (C=O) groups is 2. The first-order valence-electron chi connectivity index (χ1n) is 10.4. The van der Waals surface area contributed by atoms with Gasteiger partial charge in [-0.15, -0.1) is 0 Å². The van der Waals surface area contributed by atoms with Crippen molar-refractivity contribution in [1.82, 2.24) is 4.98 Å². The van der Waals surface area contributed by atoms with Crippen molar-refractivity contribution in [2.75, 3.05) is 4.90 Å². The van der Waals surface area contributed by atoms with Gasteiger partial charge in [-0.25, -0.2) is 4.98 Å². The number of rotatable bonds is 5. The Hall–Kier alpha value is -3.65. The molecule has 0 saturated carbocycles. The third-order valence-corrected chi connectivity index (χ3v) is 6.93. The Morgan fingerprint density at radius 1 is 1.00 bits per heavy atom. The number of nitrogens with zero attached hydrogens (tertiary/aromatic N) is 3. The third-order valence-electron chi connectivity index (χ3n) is 5.92. The zero-order valence-corrected chi connectivity index (χ0v) is 19.8. The van der Waals surface area contributed by atoms with Gasteiger partial charge in [0.1, 0.15) is 0 Å². The van der Waals surface area contributed by atoms with Crippen LogP contribution in [0.3, 0.4) is 0 Å². The molecular formula is C25H23N3O4S. The molecule has 0 unspecified atom stereocenters. The fourth-order valence-electron chi connectivity index (χ4n) is 4.52. The van der Waals surface area contributed by atoms with E-state index in [1.54, 1.807) is 12.1 Å². The SMILES string of the molecule is CC(=O)C1=C(C)N(c2nc3ccc(C)cc3s2)C(C)=C(C(C)=O)C1c1cccc([N+](=O)[O-])c1. The lowest BCUT2D eigenvalue weighted by molar-refractivity contribution is -0.384. The van der Waals surface area contributed by atoms with Crippen molar-refractivity contribution in [2.24, 2.45) is 0 Å². The van der Waals surface area contributed by atoms with E-state index in [0.717, 1.165) is 15.8 Å². The molecule has 0 radical (unpaired) electrons. The largest absolute Gasteiger partial charge is 0.295 e. The van der Waals surface area contributed by atoms with Gasteiger partial charge in [0.2, 0.25) is 0 Å². The number of hydrogen-bond donors (Lipinski definition) is 0. The normalized spacial score (nSPS) is 14.9. The van der Waals surface area contributed by atoms with E-state index >= 15 is 0 Å². The number of Topliss-reactive ketones (excluding diaryl/α,β-unsaturated/α-hetero) is 2. The van der Waals surface area contributed by atoms with E-state index < -0.39 is 10.8 Å². The second-order valence-corrected chi connectivity index (χ2v) is 9.21. The minimum Gasteiger partial charge on any atom is -0.295 e. The molecule has 2 aromatic carbocycles. The summed E-state index contributed by atoms with van der Waals surface area (Å²) in [7, 11) is 0. The minimum atomic E-state index is -0.687. The smallest absolute Gasteiger partial charge is 0.269 e. The quantitative estimate of drug-likeness (QED) is 0.350. The van der Waals surface area contributed by atoms with Gasteiger partial charge in [0.25, 0.3) is 5.69 Å². The van der Waals surface area contributed by atoms with Gasteiger partial charge < -0.3 is 0 Å². The minimum absolute atomic E-state index is 0.0856. The molecule has 0 aliphatic carbocycles. The lowest BCUT2D eigenvalue weighted by Gasteiger charge is -2.36. The zero-order valence-electron chi connectivity index (χ0n) is 19.0. The lowest BCUT2D eigenvalue weighted by atomic mass is 9.77. The van der Waals surface area contributed by atoms with Crippen LogP contribution in [0.25, 0.3) is 10.2 Å². The first-order valence-corrected chi connectivity index (χ1v) is 11.3. The topological polar surface area (TPSA) is 93.4 Å². The number of allylic oxidation sites excluding steroid dienone is 4. The Morgan fingerprint density at radius 3 is 2.21 bits per heavy atom. The van der Waals surface area contributed by atoms with Gasteiger partial charge in [0.05, 0.1) is 15.1 Å². The molecule has 0 N–H and O–H groups in total. The van der Waals surface area contributed by atoms with Crippen molar-refractivity contribution in [2.45, 2.75) is 40.5 Å². The Labute approximate surface area is 195 Å². The molecule has 0 atom stereocenters. The van der Waals surface area contributed by atoms with Gasteiger partial charge in [-0.05, 0) is 57.9 Å². The van der Waals surface area contributed by atoms with E-state index in [1.165, 1.54) is 37.3 Å². The maximum absolute atomic E-state index is 12.9. The van der Waals surface area contributed by atoms with Crippen molar-refractivity contribution < 1.29 is 14.5 Å². The van der Waals surface area contributed by atoms with Crippen molar-refractivity contribution in [1.29, 1.82) is 0 Å². The summed E-state index contributed by atoms with van der Waals surface area (Å²) in [5, 5.41) is 12.0. The van der Waals surface area contributed by atoms with Crippen LogP contribution in [0.15, 0.2) is 65.0 Å². The Balaban J connectivity index is 1.98. The first kappa shape index (κ1) is 22.5. The molecule has 0 saturated heterocycles. The van der Waals surface area contributed by atoms with Crippen LogP contribution in [-0.4, -0.2) is 21.5 Å². The van der Waals surface area contributed by atoms with E-state index in [0.29, 0.717) is 33.2 Å². The molecule has 7 nitrogen and oxygen atoms in total. The van der Waals surface area contributed by atoms with Crippen LogP contribution in [0.2, 0.25) is 0 Å². The maximum atomic E-state index is 12.9. The van der Waals surface area contributed by atoms with Crippen LogP contribution in [-0.2, 0) is 9.59 Å². The standard InChI is InChI=1S/C25H23N3O4S/c1-13-9-10-20-21(11-13)33-25(26-20)27-14(2)22(16(4)29)24(23(15(27)3)17(5)30)18-7-6-8-19(12-18)28(31)32/h6-12,24H,1-5H3. The predicted octanol–water partition coefficient (Wildman–Crippen LogP) is 5.84. The molecule has 8 heteroatoms. The second-order valence-electron chi connectivity index (χ2n) is 8.20. The molecule has 168 valence electrons. The molecule has 1 aromatic heterocycles. The van der Waals surface area contributed by atoms with Gasteiger partial charge >= 0.3 is 0 Å². The number of thiazole rings is 1. The lowest BCUT2D eigenvalue weighted by Crippen LogP contribution is -2.33.